The Morgan fingerprint density at radius 2 is 2.00 bits per heavy atom. The second-order valence-electron chi connectivity index (χ2n) is 4.57. The number of rotatable bonds is 3. The average Bonchev–Trinajstić information content (AvgIpc) is 2.50. The molecule has 1 aromatic carbocycles. The van der Waals surface area contributed by atoms with Crippen LogP contribution in [0.4, 0.5) is 0 Å². The first-order chi connectivity index (χ1) is 9.79. The summed E-state index contributed by atoms with van der Waals surface area (Å²) in [4.78, 5) is 8.69. The number of halogens is 1. The van der Waals surface area contributed by atoms with Crippen molar-refractivity contribution >= 4 is 26.7 Å². The number of nitrogens with one attached hydrogen (secondary N) is 1. The highest BCUT2D eigenvalue weighted by molar-refractivity contribution is 9.10. The van der Waals surface area contributed by atoms with Crippen molar-refractivity contribution in [2.24, 2.45) is 0 Å². The minimum Gasteiger partial charge on any atom is -0.308 e. The number of benzene rings is 1. The van der Waals surface area contributed by atoms with Crippen LogP contribution in [0.2, 0.25) is 0 Å². The van der Waals surface area contributed by atoms with Crippen molar-refractivity contribution in [1.29, 1.82) is 0 Å². The van der Waals surface area contributed by atoms with Crippen LogP contribution in [-0.2, 0) is 0 Å². The van der Waals surface area contributed by atoms with Crippen molar-refractivity contribution in [3.05, 3.63) is 70.7 Å². The minimum absolute atomic E-state index is 0.0641. The van der Waals surface area contributed by atoms with E-state index in [4.69, 9.17) is 0 Å². The van der Waals surface area contributed by atoms with Gasteiger partial charge in [-0.15, -0.1) is 0 Å². The van der Waals surface area contributed by atoms with Gasteiger partial charge >= 0.3 is 0 Å². The molecule has 1 atom stereocenters. The molecule has 3 aromatic rings. The molecule has 0 bridgehead atoms. The van der Waals surface area contributed by atoms with Crippen LogP contribution in [0, 0.1) is 0 Å². The zero-order valence-corrected chi connectivity index (χ0v) is 12.6. The Bertz CT molecular complexity index is 720. The van der Waals surface area contributed by atoms with Crippen LogP contribution in [0.25, 0.3) is 10.8 Å². The molecule has 2 aromatic heterocycles. The molecule has 0 fully saturated rings. The molecule has 0 aliphatic carbocycles. The second kappa shape index (κ2) is 5.69. The predicted molar refractivity (Wildman–Crippen MR) is 84.6 cm³/mol. The van der Waals surface area contributed by atoms with Gasteiger partial charge in [0.2, 0.25) is 0 Å². The molecule has 0 spiro atoms. The van der Waals surface area contributed by atoms with Crippen LogP contribution < -0.4 is 5.32 Å². The molecule has 20 heavy (non-hydrogen) atoms. The third-order valence-electron chi connectivity index (χ3n) is 3.36. The zero-order chi connectivity index (χ0) is 13.9. The highest BCUT2D eigenvalue weighted by Gasteiger charge is 2.15. The fourth-order valence-electron chi connectivity index (χ4n) is 2.42. The molecule has 3 nitrogen and oxygen atoms in total. The van der Waals surface area contributed by atoms with Gasteiger partial charge in [0.25, 0.3) is 0 Å². The molecule has 2 heterocycles. The standard InChI is InChI=1S/C16H14BrN3/c1-18-16(15-6-5-12(17)10-20-15)14-4-2-3-11-9-19-8-7-13(11)14/h2-10,16,18H,1H3. The number of pyridine rings is 2. The Kier molecular flexibility index (Phi) is 3.76. The van der Waals surface area contributed by atoms with E-state index in [0.29, 0.717) is 0 Å². The maximum Gasteiger partial charge on any atom is 0.0755 e. The Labute approximate surface area is 126 Å². The van der Waals surface area contributed by atoms with E-state index >= 15 is 0 Å². The Morgan fingerprint density at radius 1 is 1.10 bits per heavy atom. The molecule has 0 aliphatic heterocycles. The van der Waals surface area contributed by atoms with Gasteiger partial charge in [0, 0.05) is 28.4 Å². The summed E-state index contributed by atoms with van der Waals surface area (Å²) in [6.45, 7) is 0. The van der Waals surface area contributed by atoms with E-state index in [1.807, 2.05) is 43.8 Å². The second-order valence-corrected chi connectivity index (χ2v) is 5.48. The number of fused-ring (bicyclic) bond motifs is 1. The van der Waals surface area contributed by atoms with E-state index in [2.05, 4.69) is 49.4 Å². The molecule has 0 saturated heterocycles. The van der Waals surface area contributed by atoms with E-state index in [1.54, 1.807) is 0 Å². The molecular formula is C16H14BrN3. The average molecular weight is 328 g/mol. The summed E-state index contributed by atoms with van der Waals surface area (Å²) in [7, 11) is 1.95. The maximum atomic E-state index is 4.51. The first-order valence-corrected chi connectivity index (χ1v) is 7.20. The topological polar surface area (TPSA) is 37.8 Å². The van der Waals surface area contributed by atoms with Crippen LogP contribution in [0.5, 0.6) is 0 Å². The molecule has 4 heteroatoms. The molecule has 0 radical (unpaired) electrons. The Morgan fingerprint density at radius 3 is 2.75 bits per heavy atom. The molecular weight excluding hydrogens is 314 g/mol. The number of hydrogen-bond donors (Lipinski definition) is 1. The third kappa shape index (κ3) is 2.44. The first-order valence-electron chi connectivity index (χ1n) is 6.41. The van der Waals surface area contributed by atoms with E-state index in [-0.39, 0.29) is 6.04 Å². The molecule has 100 valence electrons. The SMILES string of the molecule is CNC(c1ccc(Br)cn1)c1cccc2cnccc12. The number of nitrogens with zero attached hydrogens (tertiary/aromatic N) is 2. The molecule has 1 unspecified atom stereocenters. The van der Waals surface area contributed by atoms with Crippen LogP contribution in [0.15, 0.2) is 59.5 Å². The lowest BCUT2D eigenvalue weighted by Gasteiger charge is -2.18. The van der Waals surface area contributed by atoms with Crippen LogP contribution in [0.3, 0.4) is 0 Å². The summed E-state index contributed by atoms with van der Waals surface area (Å²) < 4.78 is 0.984. The summed E-state index contributed by atoms with van der Waals surface area (Å²) >= 11 is 3.42. The monoisotopic (exact) mass is 327 g/mol. The molecule has 1 N–H and O–H groups in total. The predicted octanol–water partition coefficient (Wildman–Crippen LogP) is 3.70. The maximum absolute atomic E-state index is 4.51. The minimum atomic E-state index is 0.0641. The summed E-state index contributed by atoms with van der Waals surface area (Å²) in [6.07, 6.45) is 5.54. The van der Waals surface area contributed by atoms with Gasteiger partial charge in [-0.1, -0.05) is 18.2 Å². The van der Waals surface area contributed by atoms with Crippen molar-refractivity contribution in [1.82, 2.24) is 15.3 Å². The summed E-state index contributed by atoms with van der Waals surface area (Å²) in [5.41, 5.74) is 2.21. The van der Waals surface area contributed by atoms with Gasteiger partial charge in [0.1, 0.15) is 0 Å². The fraction of sp³-hybridized carbons (Fsp3) is 0.125. The molecule has 0 aliphatic rings. The summed E-state index contributed by atoms with van der Waals surface area (Å²) in [6, 6.07) is 12.4. The lowest BCUT2D eigenvalue weighted by molar-refractivity contribution is 0.675. The fourth-order valence-corrected chi connectivity index (χ4v) is 2.65. The van der Waals surface area contributed by atoms with Gasteiger partial charge in [0.05, 0.1) is 11.7 Å². The highest BCUT2D eigenvalue weighted by Crippen LogP contribution is 2.27. The zero-order valence-electron chi connectivity index (χ0n) is 11.0. The van der Waals surface area contributed by atoms with Crippen molar-refractivity contribution in [3.63, 3.8) is 0 Å². The van der Waals surface area contributed by atoms with Crippen molar-refractivity contribution in [2.75, 3.05) is 7.05 Å². The van der Waals surface area contributed by atoms with Crippen molar-refractivity contribution in [2.45, 2.75) is 6.04 Å². The Balaban J connectivity index is 2.14. The first kappa shape index (κ1) is 13.2. The van der Waals surface area contributed by atoms with Gasteiger partial charge in [-0.05, 0) is 52.1 Å². The van der Waals surface area contributed by atoms with Gasteiger partial charge in [-0.25, -0.2) is 0 Å². The van der Waals surface area contributed by atoms with Gasteiger partial charge in [-0.3, -0.25) is 9.97 Å². The van der Waals surface area contributed by atoms with Crippen LogP contribution in [0.1, 0.15) is 17.3 Å². The molecule has 0 saturated carbocycles. The van der Waals surface area contributed by atoms with Crippen LogP contribution in [-0.4, -0.2) is 17.0 Å². The number of aromatic nitrogens is 2. The van der Waals surface area contributed by atoms with Crippen molar-refractivity contribution in [3.8, 4) is 0 Å². The Hall–Kier alpha value is -1.78. The van der Waals surface area contributed by atoms with Crippen molar-refractivity contribution < 1.29 is 0 Å². The number of hydrogen-bond acceptors (Lipinski definition) is 3. The van der Waals surface area contributed by atoms with E-state index in [1.165, 1.54) is 10.9 Å². The third-order valence-corrected chi connectivity index (χ3v) is 3.83. The molecule has 0 amide bonds. The molecule has 3 rings (SSSR count). The summed E-state index contributed by atoms with van der Waals surface area (Å²) in [5, 5.41) is 5.69. The van der Waals surface area contributed by atoms with E-state index in [9.17, 15) is 0 Å². The lowest BCUT2D eigenvalue weighted by atomic mass is 9.97. The smallest absolute Gasteiger partial charge is 0.0755 e. The van der Waals surface area contributed by atoms with Gasteiger partial charge in [0.15, 0.2) is 0 Å². The normalized spacial score (nSPS) is 12.5. The lowest BCUT2D eigenvalue weighted by Crippen LogP contribution is -2.19. The summed E-state index contributed by atoms with van der Waals surface area (Å²) in [5.74, 6) is 0. The van der Waals surface area contributed by atoms with E-state index in [0.717, 1.165) is 15.6 Å². The quantitative estimate of drug-likeness (QED) is 0.797. The highest BCUT2D eigenvalue weighted by atomic mass is 79.9. The van der Waals surface area contributed by atoms with Crippen LogP contribution >= 0.6 is 15.9 Å². The van der Waals surface area contributed by atoms with Gasteiger partial charge in [-0.2, -0.15) is 0 Å². The van der Waals surface area contributed by atoms with E-state index < -0.39 is 0 Å². The largest absolute Gasteiger partial charge is 0.308 e. The van der Waals surface area contributed by atoms with Gasteiger partial charge < -0.3 is 5.32 Å².